The highest BCUT2D eigenvalue weighted by molar-refractivity contribution is 6.31. The van der Waals surface area contributed by atoms with E-state index in [1.807, 2.05) is 42.1 Å². The maximum absolute atomic E-state index is 6.15. The van der Waals surface area contributed by atoms with Crippen molar-refractivity contribution < 1.29 is 0 Å². The maximum atomic E-state index is 6.15. The predicted octanol–water partition coefficient (Wildman–Crippen LogP) is 2.92. The Hall–Kier alpha value is -1.32. The molecule has 17 heavy (non-hydrogen) atoms. The molecule has 0 fully saturated rings. The van der Waals surface area contributed by atoms with Crippen molar-refractivity contribution in [2.75, 3.05) is 0 Å². The first kappa shape index (κ1) is 12.1. The SMILES string of the molecule is CC(NCc1nccn1C)c1ccccc1Cl. The van der Waals surface area contributed by atoms with Crippen LogP contribution in [0.3, 0.4) is 0 Å². The molecule has 0 aliphatic carbocycles. The highest BCUT2D eigenvalue weighted by Crippen LogP contribution is 2.22. The standard InChI is InChI=1S/C13H16ClN3/c1-10(11-5-3-4-6-12(11)14)16-9-13-15-7-8-17(13)2/h3-8,10,16H,9H2,1-2H3. The van der Waals surface area contributed by atoms with Crippen LogP contribution >= 0.6 is 11.6 Å². The van der Waals surface area contributed by atoms with Gasteiger partial charge in [0.15, 0.2) is 0 Å². The average Bonchev–Trinajstić information content (AvgIpc) is 2.72. The summed E-state index contributed by atoms with van der Waals surface area (Å²) in [5.41, 5.74) is 1.11. The molecule has 1 aromatic carbocycles. The van der Waals surface area contributed by atoms with E-state index in [9.17, 15) is 0 Å². The van der Waals surface area contributed by atoms with Gasteiger partial charge in [-0.3, -0.25) is 0 Å². The smallest absolute Gasteiger partial charge is 0.122 e. The zero-order valence-electron chi connectivity index (χ0n) is 10.0. The molecule has 1 heterocycles. The van der Waals surface area contributed by atoms with Crippen LogP contribution in [0, 0.1) is 0 Å². The number of rotatable bonds is 4. The molecule has 1 N–H and O–H groups in total. The number of nitrogens with one attached hydrogen (secondary N) is 1. The number of aromatic nitrogens is 2. The van der Waals surface area contributed by atoms with Crippen LogP contribution in [0.1, 0.15) is 24.4 Å². The topological polar surface area (TPSA) is 29.9 Å². The van der Waals surface area contributed by atoms with Gasteiger partial charge in [-0.1, -0.05) is 29.8 Å². The van der Waals surface area contributed by atoms with Crippen LogP contribution in [-0.2, 0) is 13.6 Å². The molecule has 1 atom stereocenters. The van der Waals surface area contributed by atoms with E-state index in [-0.39, 0.29) is 6.04 Å². The van der Waals surface area contributed by atoms with Gasteiger partial charge in [-0.15, -0.1) is 0 Å². The number of hydrogen-bond donors (Lipinski definition) is 1. The van der Waals surface area contributed by atoms with Crippen molar-refractivity contribution in [3.63, 3.8) is 0 Å². The summed E-state index contributed by atoms with van der Waals surface area (Å²) in [6.07, 6.45) is 3.74. The molecule has 1 unspecified atom stereocenters. The lowest BCUT2D eigenvalue weighted by atomic mass is 10.1. The summed E-state index contributed by atoms with van der Waals surface area (Å²) in [5.74, 6) is 1.02. The fraction of sp³-hybridized carbons (Fsp3) is 0.308. The Bertz CT molecular complexity index is 493. The first-order chi connectivity index (χ1) is 8.18. The fourth-order valence-corrected chi connectivity index (χ4v) is 2.05. The van der Waals surface area contributed by atoms with Crippen molar-refractivity contribution in [1.29, 1.82) is 0 Å². The molecule has 3 nitrogen and oxygen atoms in total. The summed E-state index contributed by atoms with van der Waals surface area (Å²) >= 11 is 6.15. The predicted molar refractivity (Wildman–Crippen MR) is 69.9 cm³/mol. The molecule has 90 valence electrons. The monoisotopic (exact) mass is 249 g/mol. The van der Waals surface area contributed by atoms with E-state index in [1.54, 1.807) is 6.20 Å². The number of hydrogen-bond acceptors (Lipinski definition) is 2. The molecule has 0 saturated carbocycles. The summed E-state index contributed by atoms with van der Waals surface area (Å²) in [6.45, 7) is 2.83. The van der Waals surface area contributed by atoms with Crippen molar-refractivity contribution >= 4 is 11.6 Å². The van der Waals surface area contributed by atoms with Crippen LogP contribution < -0.4 is 5.32 Å². The molecule has 0 saturated heterocycles. The van der Waals surface area contributed by atoms with E-state index >= 15 is 0 Å². The van der Waals surface area contributed by atoms with Crippen molar-refractivity contribution in [2.24, 2.45) is 7.05 Å². The van der Waals surface area contributed by atoms with Crippen LogP contribution in [0.15, 0.2) is 36.7 Å². The largest absolute Gasteiger partial charge is 0.337 e. The number of aryl methyl sites for hydroxylation is 1. The molecule has 1 aromatic heterocycles. The lowest BCUT2D eigenvalue weighted by Crippen LogP contribution is -2.20. The molecule has 0 amide bonds. The second kappa shape index (κ2) is 5.34. The first-order valence-electron chi connectivity index (χ1n) is 5.62. The van der Waals surface area contributed by atoms with E-state index in [4.69, 9.17) is 11.6 Å². The average molecular weight is 250 g/mol. The third kappa shape index (κ3) is 2.87. The minimum atomic E-state index is 0.209. The van der Waals surface area contributed by atoms with E-state index in [1.165, 1.54) is 0 Å². The van der Waals surface area contributed by atoms with Gasteiger partial charge < -0.3 is 9.88 Å². The van der Waals surface area contributed by atoms with Crippen LogP contribution in [0.4, 0.5) is 0 Å². The van der Waals surface area contributed by atoms with Crippen LogP contribution in [0.5, 0.6) is 0 Å². The summed E-state index contributed by atoms with van der Waals surface area (Å²) < 4.78 is 2.01. The van der Waals surface area contributed by atoms with Gasteiger partial charge in [0.25, 0.3) is 0 Å². The van der Waals surface area contributed by atoms with Crippen LogP contribution in [0.2, 0.25) is 5.02 Å². The number of halogens is 1. The van der Waals surface area contributed by atoms with Crippen molar-refractivity contribution in [1.82, 2.24) is 14.9 Å². The summed E-state index contributed by atoms with van der Waals surface area (Å²) in [7, 11) is 1.99. The van der Waals surface area contributed by atoms with Crippen LogP contribution in [-0.4, -0.2) is 9.55 Å². The third-order valence-electron chi connectivity index (χ3n) is 2.86. The maximum Gasteiger partial charge on any atom is 0.122 e. The highest BCUT2D eigenvalue weighted by atomic mass is 35.5. The quantitative estimate of drug-likeness (QED) is 0.903. The minimum absolute atomic E-state index is 0.209. The Balaban J connectivity index is 2.01. The van der Waals surface area contributed by atoms with Gasteiger partial charge in [-0.05, 0) is 18.6 Å². The Morgan fingerprint density at radius 3 is 2.82 bits per heavy atom. The zero-order chi connectivity index (χ0) is 12.3. The second-order valence-electron chi connectivity index (χ2n) is 4.08. The van der Waals surface area contributed by atoms with Crippen molar-refractivity contribution in [3.8, 4) is 0 Å². The molecule has 0 radical (unpaired) electrons. The number of benzene rings is 1. The molecule has 4 heteroatoms. The normalized spacial score (nSPS) is 12.6. The molecule has 0 bridgehead atoms. The Labute approximate surface area is 106 Å². The van der Waals surface area contributed by atoms with Gasteiger partial charge in [-0.25, -0.2) is 4.98 Å². The third-order valence-corrected chi connectivity index (χ3v) is 3.20. The van der Waals surface area contributed by atoms with Crippen molar-refractivity contribution in [3.05, 3.63) is 53.1 Å². The lowest BCUT2D eigenvalue weighted by Gasteiger charge is -2.15. The van der Waals surface area contributed by atoms with Gasteiger partial charge in [0.05, 0.1) is 6.54 Å². The van der Waals surface area contributed by atoms with Gasteiger partial charge in [0.1, 0.15) is 5.82 Å². The lowest BCUT2D eigenvalue weighted by molar-refractivity contribution is 0.549. The van der Waals surface area contributed by atoms with Crippen LogP contribution in [0.25, 0.3) is 0 Å². The second-order valence-corrected chi connectivity index (χ2v) is 4.49. The summed E-state index contributed by atoms with van der Waals surface area (Å²) in [5, 5.41) is 4.21. The zero-order valence-corrected chi connectivity index (χ0v) is 10.8. The minimum Gasteiger partial charge on any atom is -0.337 e. The van der Waals surface area contributed by atoms with E-state index in [2.05, 4.69) is 17.2 Å². The molecule has 2 aromatic rings. The molecular weight excluding hydrogens is 234 g/mol. The highest BCUT2D eigenvalue weighted by Gasteiger charge is 2.09. The molecule has 0 spiro atoms. The summed E-state index contributed by atoms with van der Waals surface area (Å²) in [6, 6.07) is 8.10. The Morgan fingerprint density at radius 1 is 1.41 bits per heavy atom. The molecule has 2 rings (SSSR count). The Kier molecular flexibility index (Phi) is 3.82. The van der Waals surface area contributed by atoms with E-state index < -0.39 is 0 Å². The number of nitrogens with zero attached hydrogens (tertiary/aromatic N) is 2. The fourth-order valence-electron chi connectivity index (χ4n) is 1.75. The van der Waals surface area contributed by atoms with Crippen molar-refractivity contribution in [2.45, 2.75) is 19.5 Å². The van der Waals surface area contributed by atoms with Gasteiger partial charge >= 0.3 is 0 Å². The molecule has 0 aliphatic heterocycles. The summed E-state index contributed by atoms with van der Waals surface area (Å²) in [4.78, 5) is 4.27. The Morgan fingerprint density at radius 2 is 2.18 bits per heavy atom. The van der Waals surface area contributed by atoms with Gasteiger partial charge in [0, 0.05) is 30.5 Å². The van der Waals surface area contributed by atoms with Gasteiger partial charge in [0.2, 0.25) is 0 Å². The number of imidazole rings is 1. The first-order valence-corrected chi connectivity index (χ1v) is 6.00. The van der Waals surface area contributed by atoms with E-state index in [0.717, 1.165) is 23.0 Å². The van der Waals surface area contributed by atoms with Gasteiger partial charge in [-0.2, -0.15) is 0 Å². The molecular formula is C13H16ClN3. The van der Waals surface area contributed by atoms with E-state index in [0.29, 0.717) is 0 Å². The molecule has 0 aliphatic rings.